The topological polar surface area (TPSA) is 66.4 Å². The van der Waals surface area contributed by atoms with Crippen LogP contribution in [0.5, 0.6) is 5.75 Å². The van der Waals surface area contributed by atoms with Gasteiger partial charge < -0.3 is 5.11 Å². The van der Waals surface area contributed by atoms with Gasteiger partial charge in [0.25, 0.3) is 0 Å². The Labute approximate surface area is 102 Å². The number of hydrogen-bond donors (Lipinski definition) is 2. The Kier molecular flexibility index (Phi) is 4.55. The fraction of sp³-hybridized carbons (Fsp3) is 0.333. The molecule has 1 aromatic carbocycles. The lowest BCUT2D eigenvalue weighted by atomic mass is 10.2. The Balaban J connectivity index is 2.89. The average Bonchev–Trinajstić information content (AvgIpc) is 2.28. The monoisotopic (exact) mass is 253 g/mol. The van der Waals surface area contributed by atoms with Gasteiger partial charge in [-0.15, -0.1) is 6.42 Å². The third-order valence-electron chi connectivity index (χ3n) is 2.22. The molecule has 17 heavy (non-hydrogen) atoms. The Morgan fingerprint density at radius 2 is 2.00 bits per heavy atom. The predicted octanol–water partition coefficient (Wildman–Crippen LogP) is 1.47. The van der Waals surface area contributed by atoms with Crippen molar-refractivity contribution in [2.45, 2.75) is 30.7 Å². The maximum absolute atomic E-state index is 11.9. The van der Waals surface area contributed by atoms with Crippen molar-refractivity contribution in [1.82, 2.24) is 4.72 Å². The molecule has 0 spiro atoms. The van der Waals surface area contributed by atoms with Crippen molar-refractivity contribution >= 4 is 10.0 Å². The molecular weight excluding hydrogens is 238 g/mol. The van der Waals surface area contributed by atoms with Gasteiger partial charge in [0.1, 0.15) is 5.75 Å². The molecule has 1 rings (SSSR count). The van der Waals surface area contributed by atoms with Crippen molar-refractivity contribution < 1.29 is 13.5 Å². The molecule has 5 heteroatoms. The van der Waals surface area contributed by atoms with E-state index in [9.17, 15) is 8.42 Å². The van der Waals surface area contributed by atoms with Crippen molar-refractivity contribution in [3.05, 3.63) is 24.3 Å². The van der Waals surface area contributed by atoms with Crippen molar-refractivity contribution in [1.29, 1.82) is 0 Å². The fourth-order valence-corrected chi connectivity index (χ4v) is 2.54. The van der Waals surface area contributed by atoms with Crippen LogP contribution in [0.4, 0.5) is 0 Å². The fourth-order valence-electron chi connectivity index (χ4n) is 1.35. The number of nitrogens with one attached hydrogen (secondary N) is 1. The van der Waals surface area contributed by atoms with Crippen molar-refractivity contribution in [3.8, 4) is 18.1 Å². The summed E-state index contributed by atoms with van der Waals surface area (Å²) in [6.45, 7) is 1.93. The van der Waals surface area contributed by atoms with Crippen molar-refractivity contribution in [2.75, 3.05) is 0 Å². The second-order valence-electron chi connectivity index (χ2n) is 3.62. The number of rotatable bonds is 5. The van der Waals surface area contributed by atoms with Gasteiger partial charge in [0.2, 0.25) is 10.0 Å². The van der Waals surface area contributed by atoms with E-state index in [1.807, 2.05) is 6.92 Å². The zero-order valence-electron chi connectivity index (χ0n) is 9.55. The van der Waals surface area contributed by atoms with Gasteiger partial charge in [0, 0.05) is 0 Å². The lowest BCUT2D eigenvalue weighted by Crippen LogP contribution is -2.33. The third-order valence-corrected chi connectivity index (χ3v) is 3.71. The Morgan fingerprint density at radius 1 is 1.41 bits per heavy atom. The van der Waals surface area contributed by atoms with Crippen LogP contribution in [0.25, 0.3) is 0 Å². The van der Waals surface area contributed by atoms with Crippen LogP contribution in [0.15, 0.2) is 29.2 Å². The van der Waals surface area contributed by atoms with E-state index in [4.69, 9.17) is 11.5 Å². The maximum Gasteiger partial charge on any atom is 0.241 e. The number of terminal acetylenes is 1. The number of sulfonamides is 1. The van der Waals surface area contributed by atoms with Crippen molar-refractivity contribution in [3.63, 3.8) is 0 Å². The Hall–Kier alpha value is -1.51. The molecule has 0 aliphatic rings. The predicted molar refractivity (Wildman–Crippen MR) is 66.0 cm³/mol. The van der Waals surface area contributed by atoms with Crippen LogP contribution in [0.2, 0.25) is 0 Å². The first-order valence-electron chi connectivity index (χ1n) is 5.27. The summed E-state index contributed by atoms with van der Waals surface area (Å²) in [6.07, 6.45) is 6.64. The van der Waals surface area contributed by atoms with Crippen LogP contribution >= 0.6 is 0 Å². The SMILES string of the molecule is C#CC(CCC)NS(=O)(=O)c1ccc(O)cc1. The molecule has 0 bridgehead atoms. The molecule has 1 atom stereocenters. The minimum Gasteiger partial charge on any atom is -0.508 e. The lowest BCUT2D eigenvalue weighted by Gasteiger charge is -2.12. The standard InChI is InChI=1S/C12H15NO3S/c1-3-5-10(4-2)13-17(15,16)12-8-6-11(14)7-9-12/h2,6-10,13-14H,3,5H2,1H3. The first-order chi connectivity index (χ1) is 7.99. The zero-order chi connectivity index (χ0) is 12.9. The van der Waals surface area contributed by atoms with Gasteiger partial charge in [-0.1, -0.05) is 19.3 Å². The van der Waals surface area contributed by atoms with Gasteiger partial charge in [-0.05, 0) is 30.7 Å². The van der Waals surface area contributed by atoms with Crippen LogP contribution in [0.1, 0.15) is 19.8 Å². The van der Waals surface area contributed by atoms with Crippen LogP contribution in [0, 0.1) is 12.3 Å². The molecule has 1 aromatic rings. The number of hydrogen-bond acceptors (Lipinski definition) is 3. The van der Waals surface area contributed by atoms with E-state index in [0.29, 0.717) is 6.42 Å². The Bertz CT molecular complexity index is 500. The first kappa shape index (κ1) is 13.6. The maximum atomic E-state index is 11.9. The van der Waals surface area contributed by atoms with Crippen LogP contribution < -0.4 is 4.72 Å². The molecule has 0 aliphatic heterocycles. The molecule has 0 aromatic heterocycles. The molecule has 2 N–H and O–H groups in total. The molecule has 0 saturated heterocycles. The second kappa shape index (κ2) is 5.71. The van der Waals surface area contributed by atoms with E-state index in [0.717, 1.165) is 6.42 Å². The highest BCUT2D eigenvalue weighted by atomic mass is 32.2. The zero-order valence-corrected chi connectivity index (χ0v) is 10.4. The molecular formula is C12H15NO3S. The minimum atomic E-state index is -3.61. The largest absolute Gasteiger partial charge is 0.508 e. The number of benzene rings is 1. The molecule has 0 amide bonds. The van der Waals surface area contributed by atoms with E-state index in [-0.39, 0.29) is 10.6 Å². The van der Waals surface area contributed by atoms with Gasteiger partial charge in [-0.3, -0.25) is 0 Å². The van der Waals surface area contributed by atoms with Gasteiger partial charge in [0.05, 0.1) is 10.9 Å². The quantitative estimate of drug-likeness (QED) is 0.781. The average molecular weight is 253 g/mol. The van der Waals surface area contributed by atoms with E-state index in [2.05, 4.69) is 10.6 Å². The Morgan fingerprint density at radius 3 is 2.47 bits per heavy atom. The number of aromatic hydroxyl groups is 1. The van der Waals surface area contributed by atoms with E-state index in [1.54, 1.807) is 0 Å². The van der Waals surface area contributed by atoms with Crippen LogP contribution in [-0.4, -0.2) is 19.6 Å². The smallest absolute Gasteiger partial charge is 0.241 e. The summed E-state index contributed by atoms with van der Waals surface area (Å²) in [5, 5.41) is 9.09. The van der Waals surface area contributed by atoms with Gasteiger partial charge in [-0.2, -0.15) is 4.72 Å². The first-order valence-corrected chi connectivity index (χ1v) is 6.75. The molecule has 92 valence electrons. The summed E-state index contributed by atoms with van der Waals surface area (Å²) in [7, 11) is -3.61. The van der Waals surface area contributed by atoms with Crippen LogP contribution in [-0.2, 0) is 10.0 Å². The van der Waals surface area contributed by atoms with Crippen molar-refractivity contribution in [2.24, 2.45) is 0 Å². The summed E-state index contributed by atoms with van der Waals surface area (Å²) in [5.41, 5.74) is 0. The highest BCUT2D eigenvalue weighted by Crippen LogP contribution is 2.14. The highest BCUT2D eigenvalue weighted by Gasteiger charge is 2.17. The third kappa shape index (κ3) is 3.77. The summed E-state index contributed by atoms with van der Waals surface area (Å²) in [5.74, 6) is 2.42. The summed E-state index contributed by atoms with van der Waals surface area (Å²) >= 11 is 0. The van der Waals surface area contributed by atoms with Gasteiger partial charge >= 0.3 is 0 Å². The number of phenols is 1. The second-order valence-corrected chi connectivity index (χ2v) is 5.34. The molecule has 0 saturated carbocycles. The summed E-state index contributed by atoms with van der Waals surface area (Å²) in [4.78, 5) is 0.0895. The normalized spacial score (nSPS) is 12.9. The molecule has 0 radical (unpaired) electrons. The number of phenolic OH excluding ortho intramolecular Hbond substituents is 1. The highest BCUT2D eigenvalue weighted by molar-refractivity contribution is 7.89. The van der Waals surface area contributed by atoms with E-state index < -0.39 is 16.1 Å². The molecule has 0 fully saturated rings. The molecule has 0 heterocycles. The minimum absolute atomic E-state index is 0.0195. The van der Waals surface area contributed by atoms with Gasteiger partial charge in [0.15, 0.2) is 0 Å². The summed E-state index contributed by atoms with van der Waals surface area (Å²) in [6, 6.07) is 4.80. The van der Waals surface area contributed by atoms with E-state index >= 15 is 0 Å². The molecule has 4 nitrogen and oxygen atoms in total. The lowest BCUT2D eigenvalue weighted by molar-refractivity contribution is 0.474. The van der Waals surface area contributed by atoms with Gasteiger partial charge in [-0.25, -0.2) is 8.42 Å². The van der Waals surface area contributed by atoms with E-state index in [1.165, 1.54) is 24.3 Å². The van der Waals surface area contributed by atoms with Crippen LogP contribution in [0.3, 0.4) is 0 Å². The molecule has 0 aliphatic carbocycles. The summed E-state index contributed by atoms with van der Waals surface area (Å²) < 4.78 is 26.2. The molecule has 1 unspecified atom stereocenters.